The second-order valence-electron chi connectivity index (χ2n) is 4.54. The first kappa shape index (κ1) is 13.2. The molecule has 0 aliphatic rings. The van der Waals surface area contributed by atoms with Gasteiger partial charge in [-0.1, -0.05) is 13.8 Å². The van der Waals surface area contributed by atoms with Gasteiger partial charge in [0.2, 0.25) is 0 Å². The van der Waals surface area contributed by atoms with Gasteiger partial charge in [-0.2, -0.15) is 5.10 Å². The molecule has 0 amide bonds. The van der Waals surface area contributed by atoms with Gasteiger partial charge in [0.25, 0.3) is 0 Å². The highest BCUT2D eigenvalue weighted by atomic mass is 15.3. The van der Waals surface area contributed by atoms with E-state index in [1.54, 1.807) is 0 Å². The molecular weight excluding hydrogens is 200 g/mol. The maximum Gasteiger partial charge on any atom is 0.150 e. The zero-order valence-corrected chi connectivity index (χ0v) is 10.7. The molecule has 4 nitrogen and oxygen atoms in total. The minimum Gasteiger partial charge on any atom is -0.330 e. The van der Waals surface area contributed by atoms with Crippen LogP contribution in [0.3, 0.4) is 0 Å². The van der Waals surface area contributed by atoms with Crippen molar-refractivity contribution in [2.24, 2.45) is 18.7 Å². The Kier molecular flexibility index (Phi) is 5.46. The van der Waals surface area contributed by atoms with Crippen LogP contribution in [0.5, 0.6) is 0 Å². The van der Waals surface area contributed by atoms with Crippen molar-refractivity contribution in [2.75, 3.05) is 6.54 Å². The van der Waals surface area contributed by atoms with E-state index in [4.69, 9.17) is 5.73 Å². The van der Waals surface area contributed by atoms with Crippen molar-refractivity contribution in [3.8, 4) is 0 Å². The van der Waals surface area contributed by atoms with Crippen molar-refractivity contribution in [3.63, 3.8) is 0 Å². The van der Waals surface area contributed by atoms with Crippen molar-refractivity contribution >= 4 is 0 Å². The highest BCUT2D eigenvalue weighted by Crippen LogP contribution is 2.11. The van der Waals surface area contributed by atoms with Crippen molar-refractivity contribution in [3.05, 3.63) is 11.6 Å². The van der Waals surface area contributed by atoms with Gasteiger partial charge >= 0.3 is 0 Å². The maximum atomic E-state index is 5.54. The highest BCUT2D eigenvalue weighted by Gasteiger charge is 2.08. The molecule has 2 N–H and O–H groups in total. The quantitative estimate of drug-likeness (QED) is 0.766. The fourth-order valence-corrected chi connectivity index (χ4v) is 1.83. The summed E-state index contributed by atoms with van der Waals surface area (Å²) >= 11 is 0. The van der Waals surface area contributed by atoms with Gasteiger partial charge in [0, 0.05) is 19.9 Å². The van der Waals surface area contributed by atoms with Crippen LogP contribution in [0.2, 0.25) is 0 Å². The third kappa shape index (κ3) is 3.93. The summed E-state index contributed by atoms with van der Waals surface area (Å²) in [6.45, 7) is 5.18. The van der Waals surface area contributed by atoms with Crippen molar-refractivity contribution in [1.82, 2.24) is 14.8 Å². The SMILES string of the molecule is CCCc1nc(CCC(C)CCN)n(C)n1. The van der Waals surface area contributed by atoms with Gasteiger partial charge in [-0.25, -0.2) is 4.98 Å². The fraction of sp³-hybridized carbons (Fsp3) is 0.833. The Balaban J connectivity index is 2.46. The molecule has 0 spiro atoms. The lowest BCUT2D eigenvalue weighted by atomic mass is 10.0. The Labute approximate surface area is 98.2 Å². The van der Waals surface area contributed by atoms with Gasteiger partial charge < -0.3 is 5.73 Å². The maximum absolute atomic E-state index is 5.54. The van der Waals surface area contributed by atoms with Crippen molar-refractivity contribution in [2.45, 2.75) is 46.0 Å². The first-order chi connectivity index (χ1) is 7.67. The number of nitrogens with zero attached hydrogens (tertiary/aromatic N) is 3. The number of nitrogens with two attached hydrogens (primary N) is 1. The van der Waals surface area contributed by atoms with Crippen LogP contribution in [0.1, 0.15) is 44.8 Å². The predicted molar refractivity (Wildman–Crippen MR) is 66.2 cm³/mol. The van der Waals surface area contributed by atoms with E-state index in [1.807, 2.05) is 11.7 Å². The van der Waals surface area contributed by atoms with Gasteiger partial charge in [-0.3, -0.25) is 4.68 Å². The Morgan fingerprint density at radius 3 is 2.69 bits per heavy atom. The van der Waals surface area contributed by atoms with Gasteiger partial charge in [-0.05, 0) is 31.7 Å². The molecule has 0 aliphatic heterocycles. The summed E-state index contributed by atoms with van der Waals surface area (Å²) in [4.78, 5) is 4.55. The minimum absolute atomic E-state index is 0.677. The van der Waals surface area contributed by atoms with Crippen molar-refractivity contribution in [1.29, 1.82) is 0 Å². The topological polar surface area (TPSA) is 56.7 Å². The lowest BCUT2D eigenvalue weighted by Gasteiger charge is -2.08. The number of rotatable bonds is 7. The van der Waals surface area contributed by atoms with Gasteiger partial charge in [-0.15, -0.1) is 0 Å². The molecule has 0 saturated heterocycles. The molecule has 1 heterocycles. The molecule has 0 bridgehead atoms. The molecule has 1 rings (SSSR count). The van der Waals surface area contributed by atoms with Gasteiger partial charge in [0.1, 0.15) is 5.82 Å². The molecule has 0 radical (unpaired) electrons. The molecule has 1 atom stereocenters. The number of hydrogen-bond acceptors (Lipinski definition) is 3. The van der Waals surface area contributed by atoms with Gasteiger partial charge in [0.15, 0.2) is 5.82 Å². The summed E-state index contributed by atoms with van der Waals surface area (Å²) in [6.07, 6.45) is 5.34. The summed E-state index contributed by atoms with van der Waals surface area (Å²) < 4.78 is 1.92. The second kappa shape index (κ2) is 6.63. The molecule has 0 fully saturated rings. The molecule has 92 valence electrons. The van der Waals surface area contributed by atoms with Gasteiger partial charge in [0.05, 0.1) is 0 Å². The predicted octanol–water partition coefficient (Wildman–Crippen LogP) is 1.69. The second-order valence-corrected chi connectivity index (χ2v) is 4.54. The van der Waals surface area contributed by atoms with E-state index in [-0.39, 0.29) is 0 Å². The summed E-state index contributed by atoms with van der Waals surface area (Å²) in [5.74, 6) is 2.76. The summed E-state index contributed by atoms with van der Waals surface area (Å²) in [7, 11) is 1.98. The van der Waals surface area contributed by atoms with Crippen LogP contribution in [0.4, 0.5) is 0 Å². The van der Waals surface area contributed by atoms with Crippen LogP contribution in [0.15, 0.2) is 0 Å². The van der Waals surface area contributed by atoms with E-state index in [0.717, 1.165) is 50.3 Å². The largest absolute Gasteiger partial charge is 0.330 e. The Morgan fingerprint density at radius 1 is 1.31 bits per heavy atom. The molecule has 0 saturated carbocycles. The molecule has 1 aromatic rings. The molecular formula is C12H24N4. The van der Waals surface area contributed by atoms with Crippen LogP contribution in [-0.4, -0.2) is 21.3 Å². The number of hydrogen-bond donors (Lipinski definition) is 1. The van der Waals surface area contributed by atoms with Crippen molar-refractivity contribution < 1.29 is 0 Å². The fourth-order valence-electron chi connectivity index (χ4n) is 1.83. The highest BCUT2D eigenvalue weighted by molar-refractivity contribution is 4.93. The molecule has 0 aliphatic carbocycles. The Hall–Kier alpha value is -0.900. The first-order valence-electron chi connectivity index (χ1n) is 6.26. The third-order valence-corrected chi connectivity index (χ3v) is 2.89. The van der Waals surface area contributed by atoms with Crippen LogP contribution >= 0.6 is 0 Å². The van der Waals surface area contributed by atoms with E-state index in [2.05, 4.69) is 23.9 Å². The molecule has 0 aromatic carbocycles. The van der Waals surface area contributed by atoms with Crippen LogP contribution in [0.25, 0.3) is 0 Å². The Morgan fingerprint density at radius 2 is 2.06 bits per heavy atom. The summed E-state index contributed by atoms with van der Waals surface area (Å²) in [5.41, 5.74) is 5.54. The first-order valence-corrected chi connectivity index (χ1v) is 6.26. The minimum atomic E-state index is 0.677. The monoisotopic (exact) mass is 224 g/mol. The van der Waals surface area contributed by atoms with E-state index in [1.165, 1.54) is 0 Å². The standard InChI is InChI=1S/C12H24N4/c1-4-5-11-14-12(16(3)15-11)7-6-10(2)8-9-13/h10H,4-9,13H2,1-3H3. The van der Waals surface area contributed by atoms with Crippen LogP contribution in [-0.2, 0) is 19.9 Å². The number of aromatic nitrogens is 3. The molecule has 16 heavy (non-hydrogen) atoms. The normalized spacial score (nSPS) is 13.0. The van der Waals surface area contributed by atoms with E-state index >= 15 is 0 Å². The number of aryl methyl sites for hydroxylation is 3. The average Bonchev–Trinajstić information content (AvgIpc) is 2.57. The van der Waals surface area contributed by atoms with E-state index in [0.29, 0.717) is 5.92 Å². The van der Waals surface area contributed by atoms with Crippen LogP contribution < -0.4 is 5.73 Å². The third-order valence-electron chi connectivity index (χ3n) is 2.89. The summed E-state index contributed by atoms with van der Waals surface area (Å²) in [6, 6.07) is 0. The molecule has 1 aromatic heterocycles. The van der Waals surface area contributed by atoms with E-state index in [9.17, 15) is 0 Å². The molecule has 1 unspecified atom stereocenters. The van der Waals surface area contributed by atoms with Crippen LogP contribution in [0, 0.1) is 5.92 Å². The molecule has 4 heteroatoms. The summed E-state index contributed by atoms with van der Waals surface area (Å²) in [5, 5.41) is 4.41. The zero-order valence-electron chi connectivity index (χ0n) is 10.7. The smallest absolute Gasteiger partial charge is 0.150 e. The lowest BCUT2D eigenvalue weighted by Crippen LogP contribution is -2.08. The average molecular weight is 224 g/mol. The van der Waals surface area contributed by atoms with E-state index < -0.39 is 0 Å². The Bertz CT molecular complexity index is 306. The zero-order chi connectivity index (χ0) is 12.0. The lowest BCUT2D eigenvalue weighted by molar-refractivity contribution is 0.487.